The van der Waals surface area contributed by atoms with Crippen molar-refractivity contribution in [3.05, 3.63) is 33.8 Å². The molecule has 1 amide bonds. The van der Waals surface area contributed by atoms with Crippen LogP contribution in [-0.2, 0) is 4.74 Å². The van der Waals surface area contributed by atoms with Gasteiger partial charge < -0.3 is 10.1 Å². The lowest BCUT2D eigenvalue weighted by Crippen LogP contribution is -2.37. The van der Waals surface area contributed by atoms with Gasteiger partial charge in [-0.1, -0.05) is 48.5 Å². The highest BCUT2D eigenvalue weighted by molar-refractivity contribution is 6.39. The summed E-state index contributed by atoms with van der Waals surface area (Å²) in [6.45, 7) is 0.577. The molecule has 114 valence electrons. The van der Waals surface area contributed by atoms with E-state index in [4.69, 9.17) is 27.9 Å². The normalized spacial score (nSPS) is 24.2. The van der Waals surface area contributed by atoms with E-state index in [1.54, 1.807) is 18.2 Å². The molecule has 1 saturated carbocycles. The van der Waals surface area contributed by atoms with Crippen molar-refractivity contribution in [3.63, 3.8) is 0 Å². The highest BCUT2D eigenvalue weighted by Gasteiger charge is 2.41. The van der Waals surface area contributed by atoms with Crippen molar-refractivity contribution < 1.29 is 9.53 Å². The zero-order chi connectivity index (χ0) is 14.9. The quantitative estimate of drug-likeness (QED) is 0.883. The number of nitrogens with one attached hydrogen (secondary N) is 1. The van der Waals surface area contributed by atoms with Crippen molar-refractivity contribution in [2.24, 2.45) is 0 Å². The maximum atomic E-state index is 12.4. The van der Waals surface area contributed by atoms with Gasteiger partial charge in [0, 0.05) is 0 Å². The number of ether oxygens (including phenoxy) is 1. The van der Waals surface area contributed by atoms with Crippen LogP contribution in [0.15, 0.2) is 18.2 Å². The summed E-state index contributed by atoms with van der Waals surface area (Å²) in [5.74, 6) is -0.216. The summed E-state index contributed by atoms with van der Waals surface area (Å²) < 4.78 is 6.01. The van der Waals surface area contributed by atoms with E-state index in [0.717, 1.165) is 19.3 Å². The molecule has 1 heterocycles. The molecule has 21 heavy (non-hydrogen) atoms. The Morgan fingerprint density at radius 3 is 2.52 bits per heavy atom. The van der Waals surface area contributed by atoms with Crippen molar-refractivity contribution in [2.45, 2.75) is 50.2 Å². The Labute approximate surface area is 135 Å². The van der Waals surface area contributed by atoms with Gasteiger partial charge >= 0.3 is 0 Å². The number of carbonyl (C=O) groups is 1. The van der Waals surface area contributed by atoms with Crippen LogP contribution in [0.5, 0.6) is 0 Å². The minimum atomic E-state index is -0.216. The highest BCUT2D eigenvalue weighted by atomic mass is 35.5. The van der Waals surface area contributed by atoms with E-state index in [1.807, 2.05) is 0 Å². The third-order valence-corrected chi connectivity index (χ3v) is 5.13. The van der Waals surface area contributed by atoms with E-state index < -0.39 is 0 Å². The Kier molecular flexibility index (Phi) is 4.43. The van der Waals surface area contributed by atoms with Gasteiger partial charge in [0.2, 0.25) is 0 Å². The van der Waals surface area contributed by atoms with E-state index in [0.29, 0.717) is 22.2 Å². The number of halogens is 2. The molecule has 1 unspecified atom stereocenters. The van der Waals surface area contributed by atoms with Crippen LogP contribution in [-0.4, -0.2) is 24.2 Å². The van der Waals surface area contributed by atoms with Crippen LogP contribution in [0.2, 0.25) is 10.0 Å². The van der Waals surface area contributed by atoms with E-state index >= 15 is 0 Å². The Bertz CT molecular complexity index is 521. The standard InChI is InChI=1S/C16H19Cl2NO2/c17-12-5-4-6-13(18)14(12)15(20)19-11-9-16(21-10-11)7-2-1-3-8-16/h4-6,11H,1-3,7-10H2,(H,19,20). The first-order valence-electron chi connectivity index (χ1n) is 7.48. The number of hydrogen-bond donors (Lipinski definition) is 1. The number of amides is 1. The van der Waals surface area contributed by atoms with E-state index in [-0.39, 0.29) is 17.6 Å². The van der Waals surface area contributed by atoms with E-state index in [9.17, 15) is 4.79 Å². The summed E-state index contributed by atoms with van der Waals surface area (Å²) in [5.41, 5.74) is 0.339. The van der Waals surface area contributed by atoms with Crippen molar-refractivity contribution >= 4 is 29.1 Å². The van der Waals surface area contributed by atoms with Gasteiger partial charge in [0.15, 0.2) is 0 Å². The molecule has 1 N–H and O–H groups in total. The summed E-state index contributed by atoms with van der Waals surface area (Å²) in [6.07, 6.45) is 6.82. The van der Waals surface area contributed by atoms with Crippen molar-refractivity contribution in [1.82, 2.24) is 5.32 Å². The van der Waals surface area contributed by atoms with Crippen LogP contribution in [0.1, 0.15) is 48.9 Å². The molecular formula is C16H19Cl2NO2. The molecule has 1 aromatic rings. The van der Waals surface area contributed by atoms with Gasteiger partial charge in [-0.2, -0.15) is 0 Å². The molecule has 1 atom stereocenters. The van der Waals surface area contributed by atoms with Gasteiger partial charge in [-0.25, -0.2) is 0 Å². The highest BCUT2D eigenvalue weighted by Crippen LogP contribution is 2.39. The van der Waals surface area contributed by atoms with Gasteiger partial charge in [-0.05, 0) is 31.4 Å². The average molecular weight is 328 g/mol. The molecular weight excluding hydrogens is 309 g/mol. The lowest BCUT2D eigenvalue weighted by atomic mass is 9.82. The smallest absolute Gasteiger partial charge is 0.254 e. The van der Waals surface area contributed by atoms with Crippen LogP contribution >= 0.6 is 23.2 Å². The summed E-state index contributed by atoms with van der Waals surface area (Å²) in [7, 11) is 0. The second-order valence-electron chi connectivity index (χ2n) is 6.03. The minimum absolute atomic E-state index is 0.0134. The Balaban J connectivity index is 1.66. The number of rotatable bonds is 2. The number of carbonyl (C=O) groups excluding carboxylic acids is 1. The number of hydrogen-bond acceptors (Lipinski definition) is 2. The summed E-state index contributed by atoms with van der Waals surface area (Å²) in [6, 6.07) is 5.13. The zero-order valence-electron chi connectivity index (χ0n) is 11.8. The molecule has 0 bridgehead atoms. The summed E-state index contributed by atoms with van der Waals surface area (Å²) in [4.78, 5) is 12.4. The maximum Gasteiger partial charge on any atom is 0.254 e. The molecule has 1 aromatic carbocycles. The zero-order valence-corrected chi connectivity index (χ0v) is 13.3. The first kappa shape index (κ1) is 15.1. The predicted molar refractivity (Wildman–Crippen MR) is 84.1 cm³/mol. The first-order valence-corrected chi connectivity index (χ1v) is 8.24. The molecule has 3 nitrogen and oxygen atoms in total. The maximum absolute atomic E-state index is 12.4. The lowest BCUT2D eigenvalue weighted by molar-refractivity contribution is -0.0246. The molecule has 1 aliphatic heterocycles. The fraction of sp³-hybridized carbons (Fsp3) is 0.562. The molecule has 2 aliphatic rings. The Morgan fingerprint density at radius 1 is 1.19 bits per heavy atom. The molecule has 1 saturated heterocycles. The monoisotopic (exact) mass is 327 g/mol. The predicted octanol–water partition coefficient (Wildman–Crippen LogP) is 4.22. The Hall–Kier alpha value is -0.770. The minimum Gasteiger partial charge on any atom is -0.373 e. The fourth-order valence-corrected chi connectivity index (χ4v) is 4.02. The third kappa shape index (κ3) is 3.20. The second kappa shape index (κ2) is 6.15. The third-order valence-electron chi connectivity index (χ3n) is 4.50. The summed E-state index contributed by atoms with van der Waals surface area (Å²) >= 11 is 12.2. The van der Waals surface area contributed by atoms with Crippen LogP contribution in [0.25, 0.3) is 0 Å². The van der Waals surface area contributed by atoms with Crippen LogP contribution in [0, 0.1) is 0 Å². The van der Waals surface area contributed by atoms with Gasteiger partial charge in [-0.3, -0.25) is 4.79 Å². The molecule has 3 rings (SSSR count). The van der Waals surface area contributed by atoms with E-state index in [2.05, 4.69) is 5.32 Å². The van der Waals surface area contributed by atoms with Crippen LogP contribution in [0.4, 0.5) is 0 Å². The number of benzene rings is 1. The van der Waals surface area contributed by atoms with Gasteiger partial charge in [0.1, 0.15) is 0 Å². The van der Waals surface area contributed by atoms with Gasteiger partial charge in [0.25, 0.3) is 5.91 Å². The lowest BCUT2D eigenvalue weighted by Gasteiger charge is -2.32. The second-order valence-corrected chi connectivity index (χ2v) is 6.84. The topological polar surface area (TPSA) is 38.3 Å². The van der Waals surface area contributed by atoms with Crippen molar-refractivity contribution in [3.8, 4) is 0 Å². The molecule has 2 fully saturated rings. The first-order chi connectivity index (χ1) is 10.1. The van der Waals surface area contributed by atoms with Gasteiger partial charge in [-0.15, -0.1) is 0 Å². The molecule has 1 aliphatic carbocycles. The Morgan fingerprint density at radius 2 is 1.86 bits per heavy atom. The molecule has 0 radical (unpaired) electrons. The average Bonchev–Trinajstić information content (AvgIpc) is 2.82. The van der Waals surface area contributed by atoms with Crippen molar-refractivity contribution in [2.75, 3.05) is 6.61 Å². The van der Waals surface area contributed by atoms with Gasteiger partial charge in [0.05, 0.1) is 33.9 Å². The SMILES string of the molecule is O=C(NC1COC2(CCCCC2)C1)c1c(Cl)cccc1Cl. The largest absolute Gasteiger partial charge is 0.373 e. The molecule has 0 aromatic heterocycles. The molecule has 1 spiro atoms. The van der Waals surface area contributed by atoms with Crippen molar-refractivity contribution in [1.29, 1.82) is 0 Å². The van der Waals surface area contributed by atoms with Crippen LogP contribution in [0.3, 0.4) is 0 Å². The fourth-order valence-electron chi connectivity index (χ4n) is 3.45. The summed E-state index contributed by atoms with van der Waals surface area (Å²) in [5, 5.41) is 3.78. The molecule has 5 heteroatoms. The van der Waals surface area contributed by atoms with E-state index in [1.165, 1.54) is 19.3 Å². The van der Waals surface area contributed by atoms with Crippen LogP contribution < -0.4 is 5.32 Å².